The SMILES string of the molecule is CC(=O)c1cccc(Nc2cc(C)nc3c2ccc2ccccc23)c1. The fraction of sp³-hybridized carbons (Fsp3) is 0.0909. The highest BCUT2D eigenvalue weighted by atomic mass is 16.1. The number of hydrogen-bond acceptors (Lipinski definition) is 3. The Hall–Kier alpha value is -3.20. The Morgan fingerprint density at radius 1 is 0.920 bits per heavy atom. The van der Waals surface area contributed by atoms with Crippen molar-refractivity contribution in [2.24, 2.45) is 0 Å². The topological polar surface area (TPSA) is 42.0 Å². The number of nitrogens with zero attached hydrogens (tertiary/aromatic N) is 1. The van der Waals surface area contributed by atoms with Gasteiger partial charge in [-0.05, 0) is 37.4 Å². The van der Waals surface area contributed by atoms with E-state index in [4.69, 9.17) is 4.98 Å². The standard InChI is InChI=1S/C22H18N2O/c1-14-12-21(24-18-8-5-7-17(13-18)15(2)25)20-11-10-16-6-3-4-9-19(16)22(20)23-14/h3-13H,1-2H3,(H,23,24). The third-order valence-electron chi connectivity index (χ3n) is 4.38. The van der Waals surface area contributed by atoms with Crippen molar-refractivity contribution in [3.8, 4) is 0 Å². The molecule has 3 aromatic carbocycles. The minimum absolute atomic E-state index is 0.0606. The molecule has 25 heavy (non-hydrogen) atoms. The van der Waals surface area contributed by atoms with E-state index >= 15 is 0 Å². The van der Waals surface area contributed by atoms with Crippen LogP contribution in [-0.4, -0.2) is 10.8 Å². The highest BCUT2D eigenvalue weighted by Crippen LogP contribution is 2.31. The Kier molecular flexibility index (Phi) is 3.69. The summed E-state index contributed by atoms with van der Waals surface area (Å²) >= 11 is 0. The first-order valence-corrected chi connectivity index (χ1v) is 8.29. The molecule has 0 aliphatic rings. The van der Waals surface area contributed by atoms with Gasteiger partial charge in [-0.3, -0.25) is 9.78 Å². The van der Waals surface area contributed by atoms with Crippen LogP contribution in [0.3, 0.4) is 0 Å². The van der Waals surface area contributed by atoms with Gasteiger partial charge >= 0.3 is 0 Å². The summed E-state index contributed by atoms with van der Waals surface area (Å²) in [6.07, 6.45) is 0. The average molecular weight is 326 g/mol. The number of carbonyl (C=O) groups excluding carboxylic acids is 1. The molecular weight excluding hydrogens is 308 g/mol. The quantitative estimate of drug-likeness (QED) is 0.391. The predicted molar refractivity (Wildman–Crippen MR) is 104 cm³/mol. The zero-order valence-electron chi connectivity index (χ0n) is 14.2. The summed E-state index contributed by atoms with van der Waals surface area (Å²) in [7, 11) is 0. The molecule has 0 radical (unpaired) electrons. The molecule has 0 fully saturated rings. The Bertz CT molecular complexity index is 1120. The van der Waals surface area contributed by atoms with Gasteiger partial charge in [-0.15, -0.1) is 0 Å². The van der Waals surface area contributed by atoms with Crippen LogP contribution in [0.1, 0.15) is 23.0 Å². The molecule has 1 aromatic heterocycles. The van der Waals surface area contributed by atoms with Crippen LogP contribution in [0.5, 0.6) is 0 Å². The average Bonchev–Trinajstić information content (AvgIpc) is 2.61. The van der Waals surface area contributed by atoms with E-state index in [0.717, 1.165) is 33.4 Å². The number of Topliss-reactive ketones (excluding diaryl/α,β-unsaturated/α-hetero) is 1. The lowest BCUT2D eigenvalue weighted by molar-refractivity contribution is 0.101. The van der Waals surface area contributed by atoms with E-state index in [1.807, 2.05) is 49.4 Å². The first kappa shape index (κ1) is 15.3. The molecular formula is C22H18N2O. The van der Waals surface area contributed by atoms with E-state index in [0.29, 0.717) is 5.56 Å². The molecule has 3 heteroatoms. The minimum Gasteiger partial charge on any atom is -0.355 e. The van der Waals surface area contributed by atoms with Crippen molar-refractivity contribution in [1.29, 1.82) is 0 Å². The van der Waals surface area contributed by atoms with Crippen molar-refractivity contribution in [3.05, 3.63) is 78.0 Å². The van der Waals surface area contributed by atoms with Crippen LogP contribution in [0.25, 0.3) is 21.7 Å². The van der Waals surface area contributed by atoms with Crippen LogP contribution < -0.4 is 5.32 Å². The third kappa shape index (κ3) is 2.85. The Balaban J connectivity index is 1.88. The lowest BCUT2D eigenvalue weighted by Gasteiger charge is -2.13. The van der Waals surface area contributed by atoms with Crippen molar-refractivity contribution in [2.75, 3.05) is 5.32 Å². The molecule has 0 saturated carbocycles. The van der Waals surface area contributed by atoms with Gasteiger partial charge in [-0.25, -0.2) is 0 Å². The number of carbonyl (C=O) groups is 1. The van der Waals surface area contributed by atoms with Crippen LogP contribution in [0, 0.1) is 6.92 Å². The highest BCUT2D eigenvalue weighted by molar-refractivity contribution is 6.09. The molecule has 1 heterocycles. The van der Waals surface area contributed by atoms with Gasteiger partial charge in [0.05, 0.1) is 5.52 Å². The maximum Gasteiger partial charge on any atom is 0.159 e. The molecule has 0 bridgehead atoms. The summed E-state index contributed by atoms with van der Waals surface area (Å²) in [6, 6.07) is 22.1. The molecule has 3 nitrogen and oxygen atoms in total. The summed E-state index contributed by atoms with van der Waals surface area (Å²) in [6.45, 7) is 3.58. The maximum atomic E-state index is 11.6. The van der Waals surface area contributed by atoms with Gasteiger partial charge in [0.25, 0.3) is 0 Å². The first-order valence-electron chi connectivity index (χ1n) is 8.29. The van der Waals surface area contributed by atoms with Gasteiger partial charge in [0, 0.05) is 33.4 Å². The molecule has 4 aromatic rings. The Morgan fingerprint density at radius 2 is 1.76 bits per heavy atom. The van der Waals surface area contributed by atoms with Crippen molar-refractivity contribution < 1.29 is 4.79 Å². The Morgan fingerprint density at radius 3 is 2.60 bits per heavy atom. The monoisotopic (exact) mass is 326 g/mol. The van der Waals surface area contributed by atoms with Crippen molar-refractivity contribution in [2.45, 2.75) is 13.8 Å². The van der Waals surface area contributed by atoms with Gasteiger partial charge in [0.15, 0.2) is 5.78 Å². The van der Waals surface area contributed by atoms with E-state index in [1.54, 1.807) is 6.92 Å². The fourth-order valence-electron chi connectivity index (χ4n) is 3.16. The number of anilines is 2. The van der Waals surface area contributed by atoms with E-state index in [-0.39, 0.29) is 5.78 Å². The van der Waals surface area contributed by atoms with E-state index in [9.17, 15) is 4.79 Å². The molecule has 0 aliphatic carbocycles. The van der Waals surface area contributed by atoms with Crippen molar-refractivity contribution in [1.82, 2.24) is 4.98 Å². The van der Waals surface area contributed by atoms with Crippen LogP contribution in [0.2, 0.25) is 0 Å². The number of ketones is 1. The molecule has 0 aliphatic heterocycles. The van der Waals surface area contributed by atoms with Crippen molar-refractivity contribution >= 4 is 38.8 Å². The number of rotatable bonds is 3. The first-order chi connectivity index (χ1) is 12.1. The van der Waals surface area contributed by atoms with Crippen LogP contribution in [0.15, 0.2) is 66.7 Å². The second-order valence-electron chi connectivity index (χ2n) is 6.26. The number of pyridine rings is 1. The van der Waals surface area contributed by atoms with Crippen molar-refractivity contribution in [3.63, 3.8) is 0 Å². The lowest BCUT2D eigenvalue weighted by atomic mass is 10.0. The van der Waals surface area contributed by atoms with Crippen LogP contribution in [0.4, 0.5) is 11.4 Å². The van der Waals surface area contributed by atoms with Gasteiger partial charge < -0.3 is 5.32 Å². The fourth-order valence-corrected chi connectivity index (χ4v) is 3.16. The molecule has 122 valence electrons. The largest absolute Gasteiger partial charge is 0.355 e. The second-order valence-corrected chi connectivity index (χ2v) is 6.26. The number of nitrogens with one attached hydrogen (secondary N) is 1. The number of aromatic nitrogens is 1. The molecule has 0 unspecified atom stereocenters. The number of fused-ring (bicyclic) bond motifs is 3. The molecule has 1 N–H and O–H groups in total. The van der Waals surface area contributed by atoms with Gasteiger partial charge in [0.1, 0.15) is 0 Å². The lowest BCUT2D eigenvalue weighted by Crippen LogP contribution is -1.97. The van der Waals surface area contributed by atoms with E-state index in [2.05, 4.69) is 29.6 Å². The third-order valence-corrected chi connectivity index (χ3v) is 4.38. The number of aryl methyl sites for hydroxylation is 1. The van der Waals surface area contributed by atoms with Gasteiger partial charge in [0.2, 0.25) is 0 Å². The summed E-state index contributed by atoms with van der Waals surface area (Å²) < 4.78 is 0. The van der Waals surface area contributed by atoms with E-state index < -0.39 is 0 Å². The second kappa shape index (κ2) is 6.02. The van der Waals surface area contributed by atoms with Gasteiger partial charge in [-0.2, -0.15) is 0 Å². The summed E-state index contributed by atoms with van der Waals surface area (Å²) in [5, 5.41) is 6.84. The summed E-state index contributed by atoms with van der Waals surface area (Å²) in [5.41, 5.74) is 4.53. The van der Waals surface area contributed by atoms with E-state index in [1.165, 1.54) is 5.39 Å². The minimum atomic E-state index is 0.0606. The molecule has 0 saturated heterocycles. The molecule has 4 rings (SSSR count). The zero-order chi connectivity index (χ0) is 17.4. The molecule has 0 atom stereocenters. The zero-order valence-corrected chi connectivity index (χ0v) is 14.2. The Labute approximate surface area is 146 Å². The number of hydrogen-bond donors (Lipinski definition) is 1. The summed E-state index contributed by atoms with van der Waals surface area (Å²) in [5.74, 6) is 0.0606. The maximum absolute atomic E-state index is 11.6. The molecule has 0 spiro atoms. The summed E-state index contributed by atoms with van der Waals surface area (Å²) in [4.78, 5) is 16.4. The van der Waals surface area contributed by atoms with Crippen LogP contribution in [-0.2, 0) is 0 Å². The normalized spacial score (nSPS) is 11.0. The smallest absolute Gasteiger partial charge is 0.159 e. The predicted octanol–water partition coefficient (Wildman–Crippen LogP) is 5.64. The number of benzene rings is 3. The highest BCUT2D eigenvalue weighted by Gasteiger charge is 2.09. The van der Waals surface area contributed by atoms with Crippen LogP contribution >= 0.6 is 0 Å². The van der Waals surface area contributed by atoms with Gasteiger partial charge in [-0.1, -0.05) is 48.5 Å². The molecule has 0 amide bonds.